The maximum absolute atomic E-state index is 5.63. The summed E-state index contributed by atoms with van der Waals surface area (Å²) in [5, 5.41) is 0. The molecule has 0 radical (unpaired) electrons. The molecule has 17 heavy (non-hydrogen) atoms. The highest BCUT2D eigenvalue weighted by Gasteiger charge is 2.07. The van der Waals surface area contributed by atoms with Crippen molar-refractivity contribution in [3.63, 3.8) is 0 Å². The minimum absolute atomic E-state index is 0.557. The Bertz CT molecular complexity index is 401. The lowest BCUT2D eigenvalue weighted by molar-refractivity contribution is 0.271. The molecule has 0 bridgehead atoms. The van der Waals surface area contributed by atoms with Gasteiger partial charge in [-0.3, -0.25) is 0 Å². The number of benzene rings is 1. The van der Waals surface area contributed by atoms with Crippen LogP contribution < -0.4 is 4.74 Å². The van der Waals surface area contributed by atoms with E-state index in [1.54, 1.807) is 0 Å². The first-order valence-electron chi connectivity index (χ1n) is 6.13. The van der Waals surface area contributed by atoms with Crippen LogP contribution in [0, 0.1) is 17.4 Å². The molecule has 0 spiro atoms. The first kappa shape index (κ1) is 13.9. The van der Waals surface area contributed by atoms with E-state index >= 15 is 0 Å². The highest BCUT2D eigenvalue weighted by atomic mass is 28.3. The largest absolute Gasteiger partial charge is 0.493 e. The monoisotopic (exact) mass is 246 g/mol. The summed E-state index contributed by atoms with van der Waals surface area (Å²) < 4.78 is 5.63. The summed E-state index contributed by atoms with van der Waals surface area (Å²) >= 11 is 0. The molecular formula is C15H22OSi. The van der Waals surface area contributed by atoms with Crippen molar-refractivity contribution >= 4 is 8.07 Å². The average Bonchev–Trinajstić information content (AvgIpc) is 2.24. The molecule has 0 fully saturated rings. The van der Waals surface area contributed by atoms with Crippen molar-refractivity contribution in [1.29, 1.82) is 0 Å². The quantitative estimate of drug-likeness (QED) is 0.579. The van der Waals surface area contributed by atoms with Crippen LogP contribution in [0.1, 0.15) is 19.4 Å². The Balaban J connectivity index is 2.64. The Morgan fingerprint density at radius 2 is 1.71 bits per heavy atom. The molecule has 0 aliphatic rings. The van der Waals surface area contributed by atoms with Gasteiger partial charge in [-0.05, 0) is 30.2 Å². The van der Waals surface area contributed by atoms with Crippen LogP contribution in [0.4, 0.5) is 0 Å². The van der Waals surface area contributed by atoms with Gasteiger partial charge in [-0.2, -0.15) is 0 Å². The molecule has 1 aromatic carbocycles. The maximum atomic E-state index is 5.63. The van der Waals surface area contributed by atoms with Gasteiger partial charge in [-0.15, -0.1) is 5.54 Å². The van der Waals surface area contributed by atoms with Gasteiger partial charge in [0.25, 0.3) is 0 Å². The Morgan fingerprint density at radius 1 is 1.12 bits per heavy atom. The molecule has 92 valence electrons. The molecule has 0 amide bonds. The van der Waals surface area contributed by atoms with Gasteiger partial charge in [0.1, 0.15) is 13.8 Å². The minimum Gasteiger partial charge on any atom is -0.493 e. The lowest BCUT2D eigenvalue weighted by atomic mass is 10.2. The van der Waals surface area contributed by atoms with Crippen LogP contribution in [0.5, 0.6) is 5.75 Å². The van der Waals surface area contributed by atoms with Gasteiger partial charge in [0.2, 0.25) is 0 Å². The van der Waals surface area contributed by atoms with Gasteiger partial charge in [-0.1, -0.05) is 39.4 Å². The molecule has 0 N–H and O–H groups in total. The van der Waals surface area contributed by atoms with Gasteiger partial charge in [0, 0.05) is 5.56 Å². The van der Waals surface area contributed by atoms with Crippen LogP contribution in [-0.2, 0) is 0 Å². The predicted octanol–water partition coefficient (Wildman–Crippen LogP) is 3.95. The Labute approximate surface area is 106 Å². The van der Waals surface area contributed by atoms with Gasteiger partial charge >= 0.3 is 0 Å². The molecule has 1 rings (SSSR count). The van der Waals surface area contributed by atoms with Crippen LogP contribution in [0.25, 0.3) is 0 Å². The van der Waals surface area contributed by atoms with Crippen LogP contribution in [0.15, 0.2) is 24.3 Å². The van der Waals surface area contributed by atoms with Crippen LogP contribution in [-0.4, -0.2) is 14.7 Å². The van der Waals surface area contributed by atoms with Gasteiger partial charge in [0.15, 0.2) is 0 Å². The Kier molecular flexibility index (Phi) is 4.83. The van der Waals surface area contributed by atoms with Gasteiger partial charge in [-0.25, -0.2) is 0 Å². The van der Waals surface area contributed by atoms with Crippen molar-refractivity contribution in [3.8, 4) is 17.2 Å². The maximum Gasteiger partial charge on any atom is 0.129 e. The molecule has 0 atom stereocenters. The summed E-state index contributed by atoms with van der Waals surface area (Å²) in [5.41, 5.74) is 4.43. The molecule has 1 nitrogen and oxygen atoms in total. The third kappa shape index (κ3) is 6.18. The summed E-state index contributed by atoms with van der Waals surface area (Å²) in [4.78, 5) is 0. The van der Waals surface area contributed by atoms with Crippen molar-refractivity contribution in [2.45, 2.75) is 33.5 Å². The molecule has 0 aliphatic heterocycles. The van der Waals surface area contributed by atoms with Crippen LogP contribution >= 0.6 is 0 Å². The summed E-state index contributed by atoms with van der Waals surface area (Å²) in [5.74, 6) is 4.72. The van der Waals surface area contributed by atoms with Crippen LogP contribution in [0.3, 0.4) is 0 Å². The van der Waals surface area contributed by atoms with Gasteiger partial charge < -0.3 is 4.74 Å². The lowest BCUT2D eigenvalue weighted by Crippen LogP contribution is -2.16. The minimum atomic E-state index is -1.28. The molecule has 0 saturated heterocycles. The summed E-state index contributed by atoms with van der Waals surface area (Å²) in [6, 6.07) is 8.05. The fourth-order valence-corrected chi connectivity index (χ4v) is 1.68. The van der Waals surface area contributed by atoms with E-state index in [1.165, 1.54) is 0 Å². The van der Waals surface area contributed by atoms with E-state index in [1.807, 2.05) is 24.3 Å². The Hall–Kier alpha value is -1.20. The normalized spacial score (nSPS) is 10.9. The number of ether oxygens (including phenoxy) is 1. The van der Waals surface area contributed by atoms with Crippen LogP contribution in [0.2, 0.25) is 19.6 Å². The van der Waals surface area contributed by atoms with Crippen molar-refractivity contribution in [1.82, 2.24) is 0 Å². The molecular weight excluding hydrogens is 224 g/mol. The lowest BCUT2D eigenvalue weighted by Gasteiger charge is -2.08. The molecule has 0 saturated carbocycles. The van der Waals surface area contributed by atoms with Gasteiger partial charge in [0.05, 0.1) is 6.61 Å². The zero-order valence-corrected chi connectivity index (χ0v) is 12.5. The van der Waals surface area contributed by atoms with E-state index in [0.29, 0.717) is 5.92 Å². The van der Waals surface area contributed by atoms with Crippen molar-refractivity contribution in [3.05, 3.63) is 29.8 Å². The SMILES string of the molecule is CC(C)COc1ccc(C#C[Si](C)(C)C)cc1. The predicted molar refractivity (Wildman–Crippen MR) is 77.0 cm³/mol. The molecule has 0 aliphatic carbocycles. The smallest absolute Gasteiger partial charge is 0.129 e. The Morgan fingerprint density at radius 3 is 2.18 bits per heavy atom. The molecule has 2 heteroatoms. The summed E-state index contributed by atoms with van der Waals surface area (Å²) in [7, 11) is -1.28. The first-order chi connectivity index (χ1) is 7.87. The second-order valence-corrected chi connectivity index (χ2v) is 10.5. The molecule has 0 heterocycles. The standard InChI is InChI=1S/C15H22OSi/c1-13(2)12-16-15-8-6-14(7-9-15)10-11-17(3,4)5/h6-9,13H,12H2,1-5H3. The number of rotatable bonds is 3. The summed E-state index contributed by atoms with van der Waals surface area (Å²) in [6.07, 6.45) is 0. The third-order valence-electron chi connectivity index (χ3n) is 2.02. The zero-order chi connectivity index (χ0) is 12.9. The average molecular weight is 246 g/mol. The fourth-order valence-electron chi connectivity index (χ4n) is 1.16. The van der Waals surface area contributed by atoms with Crippen molar-refractivity contribution < 1.29 is 4.74 Å². The number of hydrogen-bond acceptors (Lipinski definition) is 1. The van der Waals surface area contributed by atoms with E-state index in [9.17, 15) is 0 Å². The second-order valence-electron chi connectivity index (χ2n) is 5.73. The van der Waals surface area contributed by atoms with E-state index in [0.717, 1.165) is 17.9 Å². The highest BCUT2D eigenvalue weighted by molar-refractivity contribution is 6.83. The summed E-state index contributed by atoms with van der Waals surface area (Å²) in [6.45, 7) is 11.8. The van der Waals surface area contributed by atoms with E-state index in [-0.39, 0.29) is 0 Å². The van der Waals surface area contributed by atoms with E-state index in [2.05, 4.69) is 45.0 Å². The number of hydrogen-bond donors (Lipinski definition) is 0. The van der Waals surface area contributed by atoms with E-state index < -0.39 is 8.07 Å². The van der Waals surface area contributed by atoms with Crippen molar-refractivity contribution in [2.24, 2.45) is 5.92 Å². The molecule has 0 aromatic heterocycles. The second kappa shape index (κ2) is 5.93. The van der Waals surface area contributed by atoms with Crippen molar-refractivity contribution in [2.75, 3.05) is 6.61 Å². The van der Waals surface area contributed by atoms with E-state index in [4.69, 9.17) is 4.74 Å². The third-order valence-corrected chi connectivity index (χ3v) is 2.89. The zero-order valence-electron chi connectivity index (χ0n) is 11.5. The first-order valence-corrected chi connectivity index (χ1v) is 9.63. The fraction of sp³-hybridized carbons (Fsp3) is 0.467. The molecule has 0 unspecified atom stereocenters. The topological polar surface area (TPSA) is 9.23 Å². The molecule has 1 aromatic rings. The highest BCUT2D eigenvalue weighted by Crippen LogP contribution is 2.12.